The van der Waals surface area contributed by atoms with E-state index in [4.69, 9.17) is 4.52 Å². The monoisotopic (exact) mass is 288 g/mol. The summed E-state index contributed by atoms with van der Waals surface area (Å²) in [5, 5.41) is 11.3. The molecule has 0 aliphatic carbocycles. The molecule has 0 bridgehead atoms. The lowest BCUT2D eigenvalue weighted by molar-refractivity contribution is 0.0925. The number of pyridine rings is 1. The van der Waals surface area contributed by atoms with Crippen LogP contribution < -0.4 is 10.6 Å². The molecule has 0 spiro atoms. The van der Waals surface area contributed by atoms with Gasteiger partial charge in [0.2, 0.25) is 0 Å². The lowest BCUT2D eigenvalue weighted by Crippen LogP contribution is -2.46. The van der Waals surface area contributed by atoms with Crippen LogP contribution in [0.25, 0.3) is 11.1 Å². The van der Waals surface area contributed by atoms with Crippen molar-refractivity contribution in [2.75, 3.05) is 6.54 Å². The van der Waals surface area contributed by atoms with Crippen molar-refractivity contribution in [1.29, 1.82) is 0 Å². The Morgan fingerprint density at radius 1 is 1.57 bits per heavy atom. The van der Waals surface area contributed by atoms with Gasteiger partial charge >= 0.3 is 0 Å². The fourth-order valence-corrected chi connectivity index (χ4v) is 2.79. The number of hydrogen-bond acceptors (Lipinski definition) is 5. The molecule has 21 heavy (non-hydrogen) atoms. The van der Waals surface area contributed by atoms with Crippen LogP contribution >= 0.6 is 0 Å². The second kappa shape index (κ2) is 5.81. The molecule has 6 heteroatoms. The van der Waals surface area contributed by atoms with Gasteiger partial charge in [-0.25, -0.2) is 4.98 Å². The molecule has 1 fully saturated rings. The van der Waals surface area contributed by atoms with Crippen molar-refractivity contribution >= 4 is 17.0 Å². The third kappa shape index (κ3) is 2.90. The number of hydrogen-bond donors (Lipinski definition) is 2. The van der Waals surface area contributed by atoms with Gasteiger partial charge in [0.15, 0.2) is 0 Å². The van der Waals surface area contributed by atoms with Crippen LogP contribution in [0.15, 0.2) is 16.8 Å². The van der Waals surface area contributed by atoms with Crippen molar-refractivity contribution in [2.45, 2.75) is 45.2 Å². The lowest BCUT2D eigenvalue weighted by atomic mass is 10.0. The highest BCUT2D eigenvalue weighted by molar-refractivity contribution is 5.97. The van der Waals surface area contributed by atoms with Gasteiger partial charge in [-0.2, -0.15) is 0 Å². The fraction of sp³-hybridized carbons (Fsp3) is 0.533. The molecule has 2 aromatic heterocycles. The Morgan fingerprint density at radius 2 is 2.43 bits per heavy atom. The summed E-state index contributed by atoms with van der Waals surface area (Å²) < 4.78 is 5.14. The number of aryl methyl sites for hydroxylation is 1. The number of rotatable bonds is 3. The zero-order valence-corrected chi connectivity index (χ0v) is 12.3. The van der Waals surface area contributed by atoms with Gasteiger partial charge in [-0.15, -0.1) is 0 Å². The lowest BCUT2D eigenvalue weighted by Gasteiger charge is -2.28. The van der Waals surface area contributed by atoms with E-state index in [9.17, 15) is 4.79 Å². The van der Waals surface area contributed by atoms with Gasteiger partial charge in [0.05, 0.1) is 16.6 Å². The zero-order valence-electron chi connectivity index (χ0n) is 12.3. The van der Waals surface area contributed by atoms with Crippen molar-refractivity contribution < 1.29 is 9.32 Å². The van der Waals surface area contributed by atoms with Gasteiger partial charge in [-0.1, -0.05) is 12.1 Å². The number of carbonyl (C=O) groups is 1. The summed E-state index contributed by atoms with van der Waals surface area (Å²) in [4.78, 5) is 16.5. The minimum atomic E-state index is -0.0771. The average Bonchev–Trinajstić information content (AvgIpc) is 2.89. The second-order valence-electron chi connectivity index (χ2n) is 5.61. The van der Waals surface area contributed by atoms with Gasteiger partial charge < -0.3 is 15.2 Å². The number of amides is 1. The summed E-state index contributed by atoms with van der Waals surface area (Å²) in [7, 11) is 0. The van der Waals surface area contributed by atoms with Crippen molar-refractivity contribution in [1.82, 2.24) is 20.8 Å². The molecule has 1 aliphatic rings. The molecule has 1 saturated heterocycles. The van der Waals surface area contributed by atoms with Crippen molar-refractivity contribution in [3.63, 3.8) is 0 Å². The van der Waals surface area contributed by atoms with E-state index >= 15 is 0 Å². The molecular weight excluding hydrogens is 268 g/mol. The summed E-state index contributed by atoms with van der Waals surface area (Å²) in [6, 6.07) is 2.48. The molecule has 0 radical (unpaired) electrons. The summed E-state index contributed by atoms with van der Waals surface area (Å²) in [5.74, 6) is -0.0771. The maximum atomic E-state index is 12.4. The molecule has 3 heterocycles. The van der Waals surface area contributed by atoms with Crippen LogP contribution in [0.4, 0.5) is 0 Å². The maximum absolute atomic E-state index is 12.4. The topological polar surface area (TPSA) is 80.0 Å². The largest absolute Gasteiger partial charge is 0.349 e. The van der Waals surface area contributed by atoms with E-state index in [0.717, 1.165) is 36.9 Å². The zero-order chi connectivity index (χ0) is 14.8. The van der Waals surface area contributed by atoms with E-state index in [-0.39, 0.29) is 11.9 Å². The predicted octanol–water partition coefficient (Wildman–Crippen LogP) is 1.66. The Kier molecular flexibility index (Phi) is 3.88. The Labute approximate surface area is 123 Å². The van der Waals surface area contributed by atoms with E-state index in [1.165, 1.54) is 0 Å². The van der Waals surface area contributed by atoms with Crippen LogP contribution in [0.2, 0.25) is 0 Å². The predicted molar refractivity (Wildman–Crippen MR) is 79.1 cm³/mol. The fourth-order valence-electron chi connectivity index (χ4n) is 2.79. The van der Waals surface area contributed by atoms with Crippen LogP contribution in [0.5, 0.6) is 0 Å². The third-order valence-corrected chi connectivity index (χ3v) is 3.96. The van der Waals surface area contributed by atoms with Gasteiger partial charge in [0.25, 0.3) is 11.6 Å². The molecular formula is C15H20N4O2. The van der Waals surface area contributed by atoms with Crippen LogP contribution in [0.1, 0.15) is 42.7 Å². The first-order chi connectivity index (χ1) is 10.2. The van der Waals surface area contributed by atoms with Crippen LogP contribution in [-0.4, -0.2) is 34.7 Å². The van der Waals surface area contributed by atoms with Crippen molar-refractivity contribution in [3.05, 3.63) is 23.5 Å². The molecule has 1 amide bonds. The van der Waals surface area contributed by atoms with E-state index in [1.54, 1.807) is 6.20 Å². The van der Waals surface area contributed by atoms with Crippen LogP contribution in [0.3, 0.4) is 0 Å². The molecule has 3 rings (SSSR count). The number of carbonyl (C=O) groups excluding carboxylic acids is 1. The quantitative estimate of drug-likeness (QED) is 0.897. The number of nitrogens with one attached hydrogen (secondary N) is 2. The molecule has 2 N–H and O–H groups in total. The number of aromatic nitrogens is 2. The SMILES string of the molecule is CCc1noc2ncc(C(=O)NC3CCNC(C)C3)cc12. The van der Waals surface area contributed by atoms with Crippen LogP contribution in [-0.2, 0) is 6.42 Å². The first kappa shape index (κ1) is 14.0. The highest BCUT2D eigenvalue weighted by Crippen LogP contribution is 2.18. The molecule has 1 aliphatic heterocycles. The summed E-state index contributed by atoms with van der Waals surface area (Å²) >= 11 is 0. The van der Waals surface area contributed by atoms with E-state index in [2.05, 4.69) is 27.7 Å². The average molecular weight is 288 g/mol. The minimum absolute atomic E-state index is 0.0771. The number of nitrogens with zero attached hydrogens (tertiary/aromatic N) is 2. The van der Waals surface area contributed by atoms with E-state index in [0.29, 0.717) is 17.3 Å². The third-order valence-electron chi connectivity index (χ3n) is 3.96. The minimum Gasteiger partial charge on any atom is -0.349 e. The summed E-state index contributed by atoms with van der Waals surface area (Å²) in [6.07, 6.45) is 4.21. The van der Waals surface area contributed by atoms with Gasteiger partial charge in [-0.3, -0.25) is 4.79 Å². The Balaban J connectivity index is 1.77. The first-order valence-electron chi connectivity index (χ1n) is 7.46. The molecule has 0 aromatic carbocycles. The summed E-state index contributed by atoms with van der Waals surface area (Å²) in [6.45, 7) is 5.08. The standard InChI is InChI=1S/C15H20N4O2/c1-3-13-12-7-10(8-17-15(12)21-19-13)14(20)18-11-4-5-16-9(2)6-11/h7-9,11,16H,3-6H2,1-2H3,(H,18,20). The normalized spacial score (nSPS) is 22.4. The van der Waals surface area contributed by atoms with Gasteiger partial charge in [0, 0.05) is 18.3 Å². The smallest absolute Gasteiger partial charge is 0.257 e. The Bertz CT molecular complexity index is 652. The van der Waals surface area contributed by atoms with Crippen molar-refractivity contribution in [2.24, 2.45) is 0 Å². The second-order valence-corrected chi connectivity index (χ2v) is 5.61. The molecule has 2 unspecified atom stereocenters. The summed E-state index contributed by atoms with van der Waals surface area (Å²) in [5.41, 5.74) is 1.88. The molecule has 2 atom stereocenters. The van der Waals surface area contributed by atoms with E-state index in [1.807, 2.05) is 13.0 Å². The highest BCUT2D eigenvalue weighted by atomic mass is 16.5. The molecule has 2 aromatic rings. The van der Waals surface area contributed by atoms with E-state index < -0.39 is 0 Å². The Hall–Kier alpha value is -1.95. The van der Waals surface area contributed by atoms with Crippen LogP contribution in [0, 0.1) is 0 Å². The highest BCUT2D eigenvalue weighted by Gasteiger charge is 2.21. The molecule has 0 saturated carbocycles. The van der Waals surface area contributed by atoms with Crippen molar-refractivity contribution in [3.8, 4) is 0 Å². The molecule has 112 valence electrons. The molecule has 6 nitrogen and oxygen atoms in total. The maximum Gasteiger partial charge on any atom is 0.257 e. The number of piperidine rings is 1. The first-order valence-corrected chi connectivity index (χ1v) is 7.46. The Morgan fingerprint density at radius 3 is 3.19 bits per heavy atom. The van der Waals surface area contributed by atoms with Gasteiger partial charge in [-0.05, 0) is 38.8 Å². The van der Waals surface area contributed by atoms with Gasteiger partial charge in [0.1, 0.15) is 0 Å². The number of fused-ring (bicyclic) bond motifs is 1.